The van der Waals surface area contributed by atoms with Gasteiger partial charge in [-0.15, -0.1) is 23.5 Å². The summed E-state index contributed by atoms with van der Waals surface area (Å²) in [5.41, 5.74) is 0. The zero-order valence-electron chi connectivity index (χ0n) is 17.3. The largest absolute Gasteiger partial charge is 0.469 e. The predicted molar refractivity (Wildman–Crippen MR) is 125 cm³/mol. The van der Waals surface area contributed by atoms with Crippen LogP contribution in [0, 0.1) is 0 Å². The van der Waals surface area contributed by atoms with E-state index in [4.69, 9.17) is 4.74 Å². The minimum absolute atomic E-state index is 0.0736. The first-order chi connectivity index (χ1) is 13.6. The number of hydrogen-bond acceptors (Lipinski definition) is 5. The molecule has 0 aromatic carbocycles. The maximum absolute atomic E-state index is 11.3. The fraction of sp³-hybridized carbons (Fsp3) is 0.609. The molecule has 0 radical (unpaired) electrons. The topological polar surface area (TPSA) is 46.5 Å². The molecule has 0 aromatic heterocycles. The van der Waals surface area contributed by atoms with Gasteiger partial charge in [-0.05, 0) is 32.1 Å². The van der Waals surface area contributed by atoms with Gasteiger partial charge in [0, 0.05) is 17.9 Å². The van der Waals surface area contributed by atoms with Gasteiger partial charge in [-0.1, -0.05) is 68.4 Å². The zero-order valence-corrected chi connectivity index (χ0v) is 19.0. The highest BCUT2D eigenvalue weighted by atomic mass is 32.2. The Bertz CT molecular complexity index is 532. The molecule has 1 aliphatic heterocycles. The lowest BCUT2D eigenvalue weighted by atomic mass is 10.1. The summed E-state index contributed by atoms with van der Waals surface area (Å²) >= 11 is 3.92. The van der Waals surface area contributed by atoms with Gasteiger partial charge in [-0.25, -0.2) is 0 Å². The zero-order chi connectivity index (χ0) is 20.5. The molecule has 1 atom stereocenters. The van der Waals surface area contributed by atoms with E-state index < -0.39 is 6.10 Å². The number of carbonyl (C=O) groups excluding carboxylic acids is 1. The van der Waals surface area contributed by atoms with Crippen molar-refractivity contribution in [2.75, 3.05) is 18.6 Å². The maximum atomic E-state index is 11.3. The minimum Gasteiger partial charge on any atom is -0.469 e. The molecule has 1 fully saturated rings. The van der Waals surface area contributed by atoms with Gasteiger partial charge in [-0.3, -0.25) is 4.79 Å². The van der Waals surface area contributed by atoms with E-state index in [-0.39, 0.29) is 10.0 Å². The van der Waals surface area contributed by atoms with Gasteiger partial charge < -0.3 is 9.84 Å². The second-order valence-corrected chi connectivity index (χ2v) is 9.95. The third kappa shape index (κ3) is 11.8. The first-order valence-electron chi connectivity index (χ1n) is 10.3. The molecule has 1 N–H and O–H groups in total. The number of rotatable bonds is 14. The van der Waals surface area contributed by atoms with E-state index in [1.807, 2.05) is 47.8 Å². The number of carbonyl (C=O) groups is 1. The molecule has 1 heterocycles. The van der Waals surface area contributed by atoms with E-state index in [2.05, 4.69) is 31.2 Å². The summed E-state index contributed by atoms with van der Waals surface area (Å²) in [6.07, 6.45) is 23.6. The minimum atomic E-state index is -0.429. The molecule has 0 amide bonds. The second kappa shape index (κ2) is 15.9. The lowest BCUT2D eigenvalue weighted by Gasteiger charge is -2.22. The van der Waals surface area contributed by atoms with Gasteiger partial charge in [0.25, 0.3) is 0 Å². The molecule has 1 rings (SSSR count). The number of aliphatic hydroxyl groups is 1. The smallest absolute Gasteiger partial charge is 0.305 e. The van der Waals surface area contributed by atoms with Gasteiger partial charge >= 0.3 is 5.97 Å². The molecule has 28 heavy (non-hydrogen) atoms. The number of aliphatic hydroxyl groups excluding tert-OH is 1. The average molecular weight is 425 g/mol. The summed E-state index contributed by atoms with van der Waals surface area (Å²) in [5.74, 6) is 2.16. The number of allylic oxidation sites excluding steroid dienone is 5. The number of thioether (sulfide) groups is 2. The van der Waals surface area contributed by atoms with Crippen molar-refractivity contribution >= 4 is 29.5 Å². The SMILES string of the molecule is CCCCC/C=C\C[C@H](O)/C=C/C=C\C=C\C1(CCCC(=O)OC)SCCS1. The van der Waals surface area contributed by atoms with Crippen molar-refractivity contribution in [1.82, 2.24) is 0 Å². The Hall–Kier alpha value is -0.910. The van der Waals surface area contributed by atoms with Gasteiger partial charge in [0.1, 0.15) is 0 Å². The molecule has 1 aliphatic rings. The maximum Gasteiger partial charge on any atom is 0.305 e. The molecule has 5 heteroatoms. The molecule has 0 aliphatic carbocycles. The molecular formula is C23H36O3S2. The molecular weight excluding hydrogens is 388 g/mol. The van der Waals surface area contributed by atoms with Gasteiger partial charge in [0.15, 0.2) is 0 Å². The predicted octanol–water partition coefficient (Wildman–Crippen LogP) is 6.06. The summed E-state index contributed by atoms with van der Waals surface area (Å²) in [6.45, 7) is 2.21. The second-order valence-electron chi connectivity index (χ2n) is 6.84. The summed E-state index contributed by atoms with van der Waals surface area (Å²) in [7, 11) is 1.44. The lowest BCUT2D eigenvalue weighted by molar-refractivity contribution is -0.140. The average Bonchev–Trinajstić information content (AvgIpc) is 3.16. The normalized spacial score (nSPS) is 18.1. The van der Waals surface area contributed by atoms with Gasteiger partial charge in [0.2, 0.25) is 0 Å². The molecule has 158 valence electrons. The van der Waals surface area contributed by atoms with Gasteiger partial charge in [-0.2, -0.15) is 0 Å². The van der Waals surface area contributed by atoms with E-state index in [1.165, 1.54) is 26.4 Å². The van der Waals surface area contributed by atoms with E-state index in [1.54, 1.807) is 0 Å². The fourth-order valence-corrected chi connectivity index (χ4v) is 5.96. The van der Waals surface area contributed by atoms with Crippen molar-refractivity contribution in [3.05, 3.63) is 48.6 Å². The van der Waals surface area contributed by atoms with Crippen molar-refractivity contribution < 1.29 is 14.6 Å². The van der Waals surface area contributed by atoms with Crippen LogP contribution in [0.15, 0.2) is 48.6 Å². The Labute approximate surface area is 179 Å². The molecule has 0 spiro atoms. The van der Waals surface area contributed by atoms with Crippen molar-refractivity contribution in [3.63, 3.8) is 0 Å². The third-order valence-electron chi connectivity index (χ3n) is 4.45. The fourth-order valence-electron chi connectivity index (χ4n) is 2.84. The van der Waals surface area contributed by atoms with E-state index in [9.17, 15) is 9.90 Å². The Morgan fingerprint density at radius 1 is 1.11 bits per heavy atom. The highest BCUT2D eigenvalue weighted by Crippen LogP contribution is 2.48. The van der Waals surface area contributed by atoms with Crippen LogP contribution in [0.2, 0.25) is 0 Å². The molecule has 0 unspecified atom stereocenters. The first kappa shape index (κ1) is 25.1. The molecule has 0 saturated carbocycles. The van der Waals surface area contributed by atoms with Crippen molar-refractivity contribution in [1.29, 1.82) is 0 Å². The van der Waals surface area contributed by atoms with E-state index >= 15 is 0 Å². The number of hydrogen-bond donors (Lipinski definition) is 1. The van der Waals surface area contributed by atoms with Crippen molar-refractivity contribution in [3.8, 4) is 0 Å². The molecule has 3 nitrogen and oxygen atoms in total. The first-order valence-corrected chi connectivity index (χ1v) is 12.3. The number of esters is 1. The van der Waals surface area contributed by atoms with Crippen LogP contribution in [-0.4, -0.2) is 39.9 Å². The highest BCUT2D eigenvalue weighted by molar-refractivity contribution is 8.21. The Morgan fingerprint density at radius 2 is 1.86 bits per heavy atom. The summed E-state index contributed by atoms with van der Waals surface area (Å²) in [5, 5.41) is 9.95. The quantitative estimate of drug-likeness (QED) is 0.159. The van der Waals surface area contributed by atoms with Crippen molar-refractivity contribution in [2.45, 2.75) is 68.5 Å². The van der Waals surface area contributed by atoms with Crippen LogP contribution >= 0.6 is 23.5 Å². The third-order valence-corrected chi connectivity index (χ3v) is 7.88. The molecule has 1 saturated heterocycles. The van der Waals surface area contributed by atoms with Crippen LogP contribution in [0.3, 0.4) is 0 Å². The Kier molecular flexibility index (Phi) is 14.3. The Balaban J connectivity index is 2.33. The number of methoxy groups -OCH3 is 1. The lowest BCUT2D eigenvalue weighted by Crippen LogP contribution is -2.14. The number of ether oxygens (including phenoxy) is 1. The van der Waals surface area contributed by atoms with Gasteiger partial charge in [0.05, 0.1) is 17.3 Å². The van der Waals surface area contributed by atoms with Crippen molar-refractivity contribution in [2.24, 2.45) is 0 Å². The van der Waals surface area contributed by atoms with Crippen LogP contribution < -0.4 is 0 Å². The van der Waals surface area contributed by atoms with Crippen LogP contribution in [0.1, 0.15) is 58.3 Å². The number of unbranched alkanes of at least 4 members (excludes halogenated alkanes) is 3. The van der Waals surface area contributed by atoms with Crippen LogP contribution in [0.25, 0.3) is 0 Å². The summed E-state index contributed by atoms with van der Waals surface area (Å²) < 4.78 is 4.80. The van der Waals surface area contributed by atoms with E-state index in [0.29, 0.717) is 12.8 Å². The monoisotopic (exact) mass is 424 g/mol. The molecule has 0 bridgehead atoms. The van der Waals surface area contributed by atoms with Crippen LogP contribution in [0.4, 0.5) is 0 Å². The standard InChI is InChI=1S/C23H36O3S2/c1-3-4-5-6-7-10-14-21(24)15-11-8-9-12-17-23(27-19-20-28-23)18-13-16-22(25)26-2/h7-12,15,17,21,24H,3-6,13-14,16,18-20H2,1-2H3/b9-8-,10-7-,15-11+,17-12+/t21-/m0/s1. The summed E-state index contributed by atoms with van der Waals surface area (Å²) in [4.78, 5) is 11.3. The van der Waals surface area contributed by atoms with Crippen LogP contribution in [0.5, 0.6) is 0 Å². The summed E-state index contributed by atoms with van der Waals surface area (Å²) in [6, 6.07) is 0. The van der Waals surface area contributed by atoms with E-state index in [0.717, 1.165) is 30.8 Å². The highest BCUT2D eigenvalue weighted by Gasteiger charge is 2.32. The Morgan fingerprint density at radius 3 is 2.57 bits per heavy atom. The van der Waals surface area contributed by atoms with Crippen LogP contribution in [-0.2, 0) is 9.53 Å². The molecule has 0 aromatic rings.